The van der Waals surface area contributed by atoms with Crippen LogP contribution in [0.25, 0.3) is 0 Å². The average Bonchev–Trinajstić information content (AvgIpc) is 3.06. The number of aryl methyl sites for hydroxylation is 2. The molecule has 0 spiro atoms. The second-order valence-electron chi connectivity index (χ2n) is 8.45. The van der Waals surface area contributed by atoms with Crippen LogP contribution in [0.4, 0.5) is 10.5 Å². The van der Waals surface area contributed by atoms with Crippen molar-refractivity contribution in [2.45, 2.75) is 33.7 Å². The molecule has 1 fully saturated rings. The molecule has 1 atom stereocenters. The lowest BCUT2D eigenvalue weighted by Gasteiger charge is -2.38. The van der Waals surface area contributed by atoms with E-state index in [4.69, 9.17) is 0 Å². The minimum absolute atomic E-state index is 0.0176. The number of benzene rings is 1. The first-order valence-corrected chi connectivity index (χ1v) is 9.60. The van der Waals surface area contributed by atoms with Gasteiger partial charge in [0.15, 0.2) is 0 Å². The number of piperazine rings is 1. The number of hydrogen-bond acceptors (Lipinski definition) is 3. The van der Waals surface area contributed by atoms with Crippen molar-refractivity contribution in [1.29, 1.82) is 0 Å². The Morgan fingerprint density at radius 2 is 1.81 bits per heavy atom. The molecule has 1 aromatic heterocycles. The van der Waals surface area contributed by atoms with Gasteiger partial charge in [0.2, 0.25) is 0 Å². The van der Waals surface area contributed by atoms with Gasteiger partial charge in [0.25, 0.3) is 0 Å². The maximum Gasteiger partial charge on any atom is 0.318 e. The maximum absolute atomic E-state index is 13.0. The first-order valence-electron chi connectivity index (χ1n) is 9.60. The van der Waals surface area contributed by atoms with Gasteiger partial charge in [0.1, 0.15) is 0 Å². The van der Waals surface area contributed by atoms with E-state index in [1.54, 1.807) is 0 Å². The van der Waals surface area contributed by atoms with Crippen LogP contribution in [0.5, 0.6) is 0 Å². The molecule has 146 valence electrons. The average molecular weight is 370 g/mol. The largest absolute Gasteiger partial charge is 0.365 e. The van der Waals surface area contributed by atoms with Crippen LogP contribution in [-0.4, -0.2) is 46.9 Å². The lowest BCUT2D eigenvalue weighted by molar-refractivity contribution is 0.176. The van der Waals surface area contributed by atoms with E-state index < -0.39 is 0 Å². The summed E-state index contributed by atoms with van der Waals surface area (Å²) in [7, 11) is 1.92. The molecule has 6 nitrogen and oxygen atoms in total. The van der Waals surface area contributed by atoms with Crippen LogP contribution in [0.1, 0.15) is 37.9 Å². The minimum Gasteiger partial charge on any atom is -0.365 e. The molecule has 0 saturated carbocycles. The summed E-state index contributed by atoms with van der Waals surface area (Å²) in [5.74, 6) is 0. The number of amides is 2. The molecule has 6 heteroatoms. The van der Waals surface area contributed by atoms with Crippen molar-refractivity contribution in [1.82, 2.24) is 20.0 Å². The van der Waals surface area contributed by atoms with Gasteiger partial charge in [-0.3, -0.25) is 4.68 Å². The summed E-state index contributed by atoms with van der Waals surface area (Å²) in [4.78, 5) is 17.2. The summed E-state index contributed by atoms with van der Waals surface area (Å²) in [6, 6.07) is 8.29. The van der Waals surface area contributed by atoms with E-state index >= 15 is 0 Å². The molecule has 27 heavy (non-hydrogen) atoms. The van der Waals surface area contributed by atoms with Crippen molar-refractivity contribution in [3.05, 3.63) is 47.8 Å². The van der Waals surface area contributed by atoms with Crippen molar-refractivity contribution in [3.8, 4) is 0 Å². The Labute approximate surface area is 162 Å². The van der Waals surface area contributed by atoms with Crippen LogP contribution in [0.15, 0.2) is 36.7 Å². The number of anilines is 1. The van der Waals surface area contributed by atoms with Gasteiger partial charge >= 0.3 is 6.03 Å². The highest BCUT2D eigenvalue weighted by atomic mass is 16.2. The molecule has 0 radical (unpaired) electrons. The van der Waals surface area contributed by atoms with Gasteiger partial charge in [-0.1, -0.05) is 45.0 Å². The number of aromatic nitrogens is 2. The molecule has 1 unspecified atom stereocenters. The number of nitrogens with zero attached hydrogens (tertiary/aromatic N) is 4. The topological polar surface area (TPSA) is 53.4 Å². The normalized spacial score (nSPS) is 16.3. The highest BCUT2D eigenvalue weighted by Gasteiger charge is 2.31. The molecular formula is C21H31N5O. The summed E-state index contributed by atoms with van der Waals surface area (Å²) in [5.41, 5.74) is 3.44. The lowest BCUT2D eigenvalue weighted by Crippen LogP contribution is -2.53. The summed E-state index contributed by atoms with van der Waals surface area (Å²) in [6.45, 7) is 11.7. The van der Waals surface area contributed by atoms with E-state index in [9.17, 15) is 4.79 Å². The third-order valence-corrected chi connectivity index (χ3v) is 5.26. The lowest BCUT2D eigenvalue weighted by atomic mass is 9.81. The molecule has 0 bridgehead atoms. The zero-order valence-corrected chi connectivity index (χ0v) is 17.1. The third-order valence-electron chi connectivity index (χ3n) is 5.26. The van der Waals surface area contributed by atoms with Crippen molar-refractivity contribution >= 4 is 11.7 Å². The quantitative estimate of drug-likeness (QED) is 0.903. The Hall–Kier alpha value is -2.50. The van der Waals surface area contributed by atoms with E-state index in [1.807, 2.05) is 41.2 Å². The third kappa shape index (κ3) is 4.43. The molecule has 2 amide bonds. The molecule has 1 saturated heterocycles. The van der Waals surface area contributed by atoms with Gasteiger partial charge in [0.05, 0.1) is 17.9 Å². The summed E-state index contributed by atoms with van der Waals surface area (Å²) in [6.07, 6.45) is 3.90. The van der Waals surface area contributed by atoms with Gasteiger partial charge in [-0.2, -0.15) is 5.10 Å². The van der Waals surface area contributed by atoms with Crippen LogP contribution in [0.2, 0.25) is 0 Å². The zero-order valence-electron chi connectivity index (χ0n) is 17.1. The first kappa shape index (κ1) is 19.3. The highest BCUT2D eigenvalue weighted by molar-refractivity contribution is 5.75. The predicted octanol–water partition coefficient (Wildman–Crippen LogP) is 3.35. The van der Waals surface area contributed by atoms with E-state index in [2.05, 4.69) is 55.1 Å². The van der Waals surface area contributed by atoms with Crippen LogP contribution in [0, 0.1) is 12.3 Å². The molecule has 0 aliphatic carbocycles. The zero-order chi connectivity index (χ0) is 19.6. The number of carbonyl (C=O) groups is 1. The van der Waals surface area contributed by atoms with Crippen LogP contribution in [0.3, 0.4) is 0 Å². The molecule has 2 aromatic rings. The van der Waals surface area contributed by atoms with Gasteiger partial charge in [-0.05, 0) is 23.5 Å². The number of nitrogens with one attached hydrogen (secondary N) is 1. The summed E-state index contributed by atoms with van der Waals surface area (Å²) in [5, 5.41) is 7.53. The highest BCUT2D eigenvalue weighted by Crippen LogP contribution is 2.34. The molecule has 1 aromatic carbocycles. The van der Waals surface area contributed by atoms with Crippen molar-refractivity contribution in [3.63, 3.8) is 0 Å². The number of urea groups is 1. The molecular weight excluding hydrogens is 338 g/mol. The van der Waals surface area contributed by atoms with Gasteiger partial charge < -0.3 is 15.1 Å². The second kappa shape index (κ2) is 7.62. The number of carbonyl (C=O) groups excluding carboxylic acids is 1. The van der Waals surface area contributed by atoms with E-state index in [-0.39, 0.29) is 17.5 Å². The Morgan fingerprint density at radius 1 is 1.15 bits per heavy atom. The fourth-order valence-electron chi connectivity index (χ4n) is 3.63. The minimum atomic E-state index is -0.0701. The SMILES string of the molecule is Cc1ccccc1C(NC(=O)N1CCN(c2cnn(C)c2)CC1)C(C)(C)C. The van der Waals surface area contributed by atoms with Crippen LogP contribution in [-0.2, 0) is 7.05 Å². The number of rotatable bonds is 3. The molecule has 3 rings (SSSR count). The molecule has 1 N–H and O–H groups in total. The first-order chi connectivity index (χ1) is 12.8. The van der Waals surface area contributed by atoms with Crippen LogP contribution < -0.4 is 10.2 Å². The fourth-order valence-corrected chi connectivity index (χ4v) is 3.63. The van der Waals surface area contributed by atoms with E-state index in [0.29, 0.717) is 13.1 Å². The summed E-state index contributed by atoms with van der Waals surface area (Å²) < 4.78 is 1.81. The second-order valence-corrected chi connectivity index (χ2v) is 8.45. The predicted molar refractivity (Wildman–Crippen MR) is 109 cm³/mol. The number of hydrogen-bond donors (Lipinski definition) is 1. The van der Waals surface area contributed by atoms with Crippen molar-refractivity contribution < 1.29 is 4.79 Å². The van der Waals surface area contributed by atoms with Crippen molar-refractivity contribution in [2.75, 3.05) is 31.1 Å². The van der Waals surface area contributed by atoms with E-state index in [1.165, 1.54) is 11.1 Å². The van der Waals surface area contributed by atoms with Crippen LogP contribution >= 0.6 is 0 Å². The van der Waals surface area contributed by atoms with Gasteiger partial charge in [-0.25, -0.2) is 4.79 Å². The standard InChI is InChI=1S/C21H31N5O/c1-16-8-6-7-9-18(16)19(21(2,3)4)23-20(27)26-12-10-25(11-13-26)17-14-22-24(5)15-17/h6-9,14-15,19H,10-13H2,1-5H3,(H,23,27). The summed E-state index contributed by atoms with van der Waals surface area (Å²) >= 11 is 0. The Morgan fingerprint density at radius 3 is 2.37 bits per heavy atom. The van der Waals surface area contributed by atoms with E-state index in [0.717, 1.165) is 18.8 Å². The molecule has 1 aliphatic heterocycles. The molecule has 2 heterocycles. The molecule has 1 aliphatic rings. The van der Waals surface area contributed by atoms with Gasteiger partial charge in [-0.15, -0.1) is 0 Å². The Kier molecular flexibility index (Phi) is 5.44. The van der Waals surface area contributed by atoms with Gasteiger partial charge in [0, 0.05) is 39.4 Å². The monoisotopic (exact) mass is 369 g/mol. The maximum atomic E-state index is 13.0. The fraction of sp³-hybridized carbons (Fsp3) is 0.524. The smallest absolute Gasteiger partial charge is 0.318 e. The Balaban J connectivity index is 1.66. The van der Waals surface area contributed by atoms with Crippen molar-refractivity contribution in [2.24, 2.45) is 12.5 Å². The Bertz CT molecular complexity index is 784.